The number of hydrogen-bond acceptors (Lipinski definition) is 6. The summed E-state index contributed by atoms with van der Waals surface area (Å²) in [7, 11) is -2.53. The summed E-state index contributed by atoms with van der Waals surface area (Å²) in [6, 6.07) is 5.05. The van der Waals surface area contributed by atoms with Crippen molar-refractivity contribution in [1.29, 1.82) is 0 Å². The number of phenols is 1. The van der Waals surface area contributed by atoms with Crippen molar-refractivity contribution in [3.8, 4) is 17.2 Å². The van der Waals surface area contributed by atoms with Gasteiger partial charge in [0.25, 0.3) is 0 Å². The highest BCUT2D eigenvalue weighted by molar-refractivity contribution is 7.53. The molecule has 0 saturated heterocycles. The van der Waals surface area contributed by atoms with Gasteiger partial charge in [-0.15, -0.1) is 0 Å². The van der Waals surface area contributed by atoms with Gasteiger partial charge in [0.05, 0.1) is 12.8 Å². The molecule has 0 spiro atoms. The van der Waals surface area contributed by atoms with Gasteiger partial charge in [0.15, 0.2) is 11.5 Å². The van der Waals surface area contributed by atoms with Crippen LogP contribution in [0.5, 0.6) is 17.2 Å². The van der Waals surface area contributed by atoms with E-state index in [1.54, 1.807) is 30.6 Å². The monoisotopic (exact) mass is 366 g/mol. The minimum Gasteiger partial charge on any atom is -0.504 e. The zero-order valence-corrected chi connectivity index (χ0v) is 15.4. The minimum absolute atomic E-state index is 0.0375. The highest BCUT2D eigenvalue weighted by Gasteiger charge is 2.25. The van der Waals surface area contributed by atoms with E-state index < -0.39 is 7.60 Å². The van der Waals surface area contributed by atoms with E-state index in [2.05, 4.69) is 10.3 Å². The Morgan fingerprint density at radius 1 is 1.32 bits per heavy atom. The molecule has 1 unspecified atom stereocenters. The molecule has 3 N–H and O–H groups in total. The highest BCUT2D eigenvalue weighted by Crippen LogP contribution is 2.48. The SMILES string of the molecule is CCc1cc(OP(=O)(O)CNc2cccnc2)c(CC)c(OC)c1O. The molecule has 0 fully saturated rings. The van der Waals surface area contributed by atoms with E-state index in [1.807, 2.05) is 13.8 Å². The number of hydrogen-bond donors (Lipinski definition) is 3. The summed E-state index contributed by atoms with van der Waals surface area (Å²) < 4.78 is 23.1. The van der Waals surface area contributed by atoms with E-state index in [1.165, 1.54) is 7.11 Å². The Morgan fingerprint density at radius 3 is 2.64 bits per heavy atom. The second kappa shape index (κ2) is 8.23. The molecule has 0 amide bonds. The molecule has 1 heterocycles. The maximum atomic E-state index is 12.5. The van der Waals surface area contributed by atoms with Crippen LogP contribution >= 0.6 is 7.60 Å². The molecule has 25 heavy (non-hydrogen) atoms. The number of aryl methyl sites for hydroxylation is 1. The second-order valence-corrected chi connectivity index (χ2v) is 7.18. The van der Waals surface area contributed by atoms with Crippen LogP contribution < -0.4 is 14.6 Å². The topological polar surface area (TPSA) is 101 Å². The van der Waals surface area contributed by atoms with Crippen molar-refractivity contribution in [2.75, 3.05) is 18.7 Å². The maximum Gasteiger partial charge on any atom is 0.395 e. The first-order valence-electron chi connectivity index (χ1n) is 7.98. The van der Waals surface area contributed by atoms with Gasteiger partial charge in [-0.2, -0.15) is 0 Å². The van der Waals surface area contributed by atoms with Crippen LogP contribution in [0.2, 0.25) is 0 Å². The van der Waals surface area contributed by atoms with E-state index in [0.29, 0.717) is 29.7 Å². The number of aromatic nitrogens is 1. The summed E-state index contributed by atoms with van der Waals surface area (Å²) in [5.74, 6) is 0.556. The van der Waals surface area contributed by atoms with Crippen molar-refractivity contribution in [1.82, 2.24) is 4.98 Å². The fourth-order valence-electron chi connectivity index (χ4n) is 2.46. The molecule has 0 bridgehead atoms. The number of ether oxygens (including phenoxy) is 1. The van der Waals surface area contributed by atoms with E-state index in [-0.39, 0.29) is 23.5 Å². The normalized spacial score (nSPS) is 13.1. The zero-order valence-electron chi connectivity index (χ0n) is 14.5. The molecule has 1 aromatic heterocycles. The largest absolute Gasteiger partial charge is 0.504 e. The summed E-state index contributed by atoms with van der Waals surface area (Å²) in [4.78, 5) is 14.1. The lowest BCUT2D eigenvalue weighted by Crippen LogP contribution is -2.08. The van der Waals surface area contributed by atoms with Gasteiger partial charge in [0, 0.05) is 23.5 Å². The van der Waals surface area contributed by atoms with Crippen molar-refractivity contribution in [2.24, 2.45) is 0 Å². The minimum atomic E-state index is -3.97. The van der Waals surface area contributed by atoms with Crippen LogP contribution in [0.3, 0.4) is 0 Å². The van der Waals surface area contributed by atoms with Gasteiger partial charge in [-0.1, -0.05) is 13.8 Å². The number of aromatic hydroxyl groups is 1. The number of methoxy groups -OCH3 is 1. The predicted octanol–water partition coefficient (Wildman–Crippen LogP) is 3.55. The fraction of sp³-hybridized carbons (Fsp3) is 0.353. The Balaban J connectivity index is 2.26. The van der Waals surface area contributed by atoms with Crippen LogP contribution in [-0.2, 0) is 17.4 Å². The average molecular weight is 366 g/mol. The van der Waals surface area contributed by atoms with E-state index in [9.17, 15) is 14.6 Å². The molecule has 2 rings (SSSR count). The van der Waals surface area contributed by atoms with Gasteiger partial charge in [-0.3, -0.25) is 4.98 Å². The van der Waals surface area contributed by atoms with E-state index >= 15 is 0 Å². The molecular weight excluding hydrogens is 343 g/mol. The third-order valence-corrected chi connectivity index (χ3v) is 4.76. The molecule has 136 valence electrons. The summed E-state index contributed by atoms with van der Waals surface area (Å²) in [5.41, 5.74) is 1.76. The predicted molar refractivity (Wildman–Crippen MR) is 96.6 cm³/mol. The van der Waals surface area contributed by atoms with Crippen molar-refractivity contribution in [3.63, 3.8) is 0 Å². The summed E-state index contributed by atoms with van der Waals surface area (Å²) in [6.45, 7) is 3.72. The number of pyridine rings is 1. The molecule has 8 heteroatoms. The molecule has 0 aliphatic carbocycles. The van der Waals surface area contributed by atoms with E-state index in [0.717, 1.165) is 0 Å². The van der Waals surface area contributed by atoms with Gasteiger partial charge < -0.3 is 24.6 Å². The molecule has 0 radical (unpaired) electrons. The van der Waals surface area contributed by atoms with Crippen LogP contribution in [0.1, 0.15) is 25.0 Å². The molecule has 1 aromatic carbocycles. The van der Waals surface area contributed by atoms with Gasteiger partial charge in [0.2, 0.25) is 0 Å². The average Bonchev–Trinajstić information content (AvgIpc) is 2.61. The van der Waals surface area contributed by atoms with Gasteiger partial charge in [0.1, 0.15) is 12.0 Å². The van der Waals surface area contributed by atoms with Gasteiger partial charge in [-0.05, 0) is 31.0 Å². The number of benzene rings is 1. The third kappa shape index (κ3) is 4.65. The number of nitrogens with zero attached hydrogens (tertiary/aromatic N) is 1. The molecule has 0 aliphatic rings. The van der Waals surface area contributed by atoms with E-state index in [4.69, 9.17) is 9.26 Å². The van der Waals surface area contributed by atoms with Crippen molar-refractivity contribution in [2.45, 2.75) is 26.7 Å². The molecule has 1 atom stereocenters. The molecule has 7 nitrogen and oxygen atoms in total. The molecular formula is C17H23N2O5P. The molecule has 0 saturated carbocycles. The molecule has 2 aromatic rings. The lowest BCUT2D eigenvalue weighted by Gasteiger charge is -2.20. The first-order valence-corrected chi connectivity index (χ1v) is 9.75. The second-order valence-electron chi connectivity index (χ2n) is 5.41. The zero-order chi connectivity index (χ0) is 18.4. The fourth-order valence-corrected chi connectivity index (χ4v) is 3.38. The summed E-state index contributed by atoms with van der Waals surface area (Å²) >= 11 is 0. The van der Waals surface area contributed by atoms with Crippen molar-refractivity contribution in [3.05, 3.63) is 41.7 Å². The lowest BCUT2D eigenvalue weighted by molar-refractivity contribution is 0.356. The van der Waals surface area contributed by atoms with Gasteiger partial charge >= 0.3 is 7.60 Å². The van der Waals surface area contributed by atoms with Crippen LogP contribution in [0.4, 0.5) is 5.69 Å². The van der Waals surface area contributed by atoms with Crippen molar-refractivity contribution >= 4 is 13.3 Å². The first-order chi connectivity index (χ1) is 11.9. The molecule has 0 aliphatic heterocycles. The summed E-state index contributed by atoms with van der Waals surface area (Å²) in [6.07, 6.45) is 3.91. The Kier molecular flexibility index (Phi) is 6.28. The Bertz CT molecular complexity index is 767. The quantitative estimate of drug-likeness (QED) is 0.614. The number of anilines is 1. The number of phenolic OH excluding ortho intramolecular Hbond substituents is 1. The van der Waals surface area contributed by atoms with Crippen LogP contribution in [0.15, 0.2) is 30.6 Å². The Labute approximate surface area is 147 Å². The Morgan fingerprint density at radius 2 is 2.08 bits per heavy atom. The van der Waals surface area contributed by atoms with Crippen LogP contribution in [-0.4, -0.2) is 28.4 Å². The lowest BCUT2D eigenvalue weighted by atomic mass is 10.0. The van der Waals surface area contributed by atoms with Crippen LogP contribution in [0.25, 0.3) is 0 Å². The van der Waals surface area contributed by atoms with Gasteiger partial charge in [-0.25, -0.2) is 4.57 Å². The van der Waals surface area contributed by atoms with Crippen LogP contribution in [0, 0.1) is 0 Å². The number of rotatable bonds is 8. The first kappa shape index (κ1) is 19.1. The Hall–Kier alpha value is -2.24. The standard InChI is InChI=1S/C17H23N2O5P/c1-4-12-9-15(14(5-2)17(23-3)16(12)20)24-25(21,22)11-19-13-7-6-8-18-10-13/h6-10,19-20H,4-5,11H2,1-3H3,(H,21,22). The van der Waals surface area contributed by atoms with Crippen molar-refractivity contribution < 1.29 is 23.8 Å². The maximum absolute atomic E-state index is 12.5. The third-order valence-electron chi connectivity index (χ3n) is 3.72. The smallest absolute Gasteiger partial charge is 0.395 e. The summed E-state index contributed by atoms with van der Waals surface area (Å²) in [5, 5.41) is 13.1. The number of nitrogens with one attached hydrogen (secondary N) is 1. The highest BCUT2D eigenvalue weighted by atomic mass is 31.2.